The third kappa shape index (κ3) is 3.20. The van der Waals surface area contributed by atoms with E-state index in [1.807, 2.05) is 6.07 Å². The van der Waals surface area contributed by atoms with Crippen molar-refractivity contribution in [1.29, 1.82) is 0 Å². The Morgan fingerprint density at radius 2 is 1.95 bits per heavy atom. The van der Waals surface area contributed by atoms with E-state index in [0.29, 0.717) is 16.1 Å². The number of carboxylic acid groups (broad SMARTS) is 1. The van der Waals surface area contributed by atoms with Gasteiger partial charge in [-0.3, -0.25) is 9.59 Å². The molecule has 1 heterocycles. The second-order valence-corrected chi connectivity index (χ2v) is 6.58. The standard InChI is InChI=1S/C17H17NO3S/c19-16(20)10-11-5-1-3-7-13(11)18-17(21)15-9-12-6-2-4-8-14(12)22-15/h1,3,5,7,9H,2,4,6,8,10H2,(H,18,21)(H,19,20). The lowest BCUT2D eigenvalue weighted by molar-refractivity contribution is -0.136. The molecule has 0 spiro atoms. The monoisotopic (exact) mass is 315 g/mol. The van der Waals surface area contributed by atoms with E-state index in [0.717, 1.165) is 12.8 Å². The van der Waals surface area contributed by atoms with Crippen LogP contribution in [-0.2, 0) is 24.1 Å². The van der Waals surface area contributed by atoms with E-state index in [-0.39, 0.29) is 12.3 Å². The molecule has 0 saturated heterocycles. The van der Waals surface area contributed by atoms with Crippen molar-refractivity contribution >= 4 is 28.9 Å². The van der Waals surface area contributed by atoms with Crippen LogP contribution < -0.4 is 5.32 Å². The molecule has 1 aliphatic rings. The Morgan fingerprint density at radius 1 is 1.18 bits per heavy atom. The first-order chi connectivity index (χ1) is 10.6. The molecule has 0 bridgehead atoms. The number of carbonyl (C=O) groups excluding carboxylic acids is 1. The van der Waals surface area contributed by atoms with Gasteiger partial charge in [0, 0.05) is 10.6 Å². The van der Waals surface area contributed by atoms with E-state index in [1.54, 1.807) is 35.6 Å². The number of amides is 1. The van der Waals surface area contributed by atoms with Gasteiger partial charge < -0.3 is 10.4 Å². The fourth-order valence-electron chi connectivity index (χ4n) is 2.75. The van der Waals surface area contributed by atoms with E-state index < -0.39 is 5.97 Å². The first kappa shape index (κ1) is 14.8. The van der Waals surface area contributed by atoms with Crippen LogP contribution >= 0.6 is 11.3 Å². The first-order valence-electron chi connectivity index (χ1n) is 7.36. The smallest absolute Gasteiger partial charge is 0.307 e. The number of hydrogen-bond acceptors (Lipinski definition) is 3. The number of carbonyl (C=O) groups is 2. The minimum absolute atomic E-state index is 0.0998. The molecule has 1 aromatic heterocycles. The Morgan fingerprint density at radius 3 is 2.73 bits per heavy atom. The number of benzene rings is 1. The maximum Gasteiger partial charge on any atom is 0.307 e. The second kappa shape index (κ2) is 6.32. The summed E-state index contributed by atoms with van der Waals surface area (Å²) in [6.45, 7) is 0. The Balaban J connectivity index is 1.79. The van der Waals surface area contributed by atoms with Gasteiger partial charge in [-0.2, -0.15) is 0 Å². The summed E-state index contributed by atoms with van der Waals surface area (Å²) in [6.07, 6.45) is 4.39. The van der Waals surface area contributed by atoms with Crippen LogP contribution in [0.3, 0.4) is 0 Å². The van der Waals surface area contributed by atoms with Crippen molar-refractivity contribution in [3.05, 3.63) is 51.2 Å². The quantitative estimate of drug-likeness (QED) is 0.907. The third-order valence-corrected chi connectivity index (χ3v) is 5.06. The third-order valence-electron chi connectivity index (χ3n) is 3.83. The Hall–Kier alpha value is -2.14. The van der Waals surface area contributed by atoms with Gasteiger partial charge >= 0.3 is 5.97 Å². The molecule has 2 N–H and O–H groups in total. The van der Waals surface area contributed by atoms with Crippen LogP contribution in [0.25, 0.3) is 0 Å². The molecule has 4 nitrogen and oxygen atoms in total. The molecular weight excluding hydrogens is 298 g/mol. The summed E-state index contributed by atoms with van der Waals surface area (Å²) >= 11 is 1.55. The molecule has 0 aliphatic heterocycles. The molecule has 0 unspecified atom stereocenters. The van der Waals surface area contributed by atoms with Crippen molar-refractivity contribution in [2.75, 3.05) is 5.32 Å². The van der Waals surface area contributed by atoms with E-state index >= 15 is 0 Å². The number of thiophene rings is 1. The van der Waals surface area contributed by atoms with Gasteiger partial charge in [0.15, 0.2) is 0 Å². The number of aryl methyl sites for hydroxylation is 2. The predicted octanol–water partition coefficient (Wildman–Crippen LogP) is 3.51. The molecule has 22 heavy (non-hydrogen) atoms. The zero-order valence-corrected chi connectivity index (χ0v) is 12.9. The second-order valence-electron chi connectivity index (χ2n) is 5.45. The van der Waals surface area contributed by atoms with Crippen molar-refractivity contribution in [1.82, 2.24) is 0 Å². The predicted molar refractivity (Wildman–Crippen MR) is 86.7 cm³/mol. The first-order valence-corrected chi connectivity index (χ1v) is 8.18. The molecular formula is C17H17NO3S. The van der Waals surface area contributed by atoms with Crippen molar-refractivity contribution < 1.29 is 14.7 Å². The number of fused-ring (bicyclic) bond motifs is 1. The summed E-state index contributed by atoms with van der Waals surface area (Å²) in [7, 11) is 0. The van der Waals surface area contributed by atoms with Gasteiger partial charge in [-0.1, -0.05) is 18.2 Å². The van der Waals surface area contributed by atoms with Crippen LogP contribution in [0.4, 0.5) is 5.69 Å². The Labute approximate surface area is 132 Å². The fourth-order valence-corrected chi connectivity index (χ4v) is 3.89. The van der Waals surface area contributed by atoms with E-state index in [1.165, 1.54) is 23.3 Å². The molecule has 0 radical (unpaired) electrons. The highest BCUT2D eigenvalue weighted by molar-refractivity contribution is 7.14. The average Bonchev–Trinajstić information content (AvgIpc) is 2.93. The molecule has 0 fully saturated rings. The zero-order valence-electron chi connectivity index (χ0n) is 12.1. The number of carboxylic acids is 1. The van der Waals surface area contributed by atoms with Gasteiger partial charge in [0.05, 0.1) is 11.3 Å². The van der Waals surface area contributed by atoms with Crippen molar-refractivity contribution in [3.8, 4) is 0 Å². The Bertz CT molecular complexity index is 697. The highest BCUT2D eigenvalue weighted by Gasteiger charge is 2.18. The zero-order chi connectivity index (χ0) is 15.5. The summed E-state index contributed by atoms with van der Waals surface area (Å²) in [5, 5.41) is 11.8. The van der Waals surface area contributed by atoms with Gasteiger partial charge in [0.2, 0.25) is 0 Å². The molecule has 0 atom stereocenters. The van der Waals surface area contributed by atoms with Crippen LogP contribution in [0.15, 0.2) is 30.3 Å². The lowest BCUT2D eigenvalue weighted by atomic mass is 9.99. The molecule has 1 amide bonds. The summed E-state index contributed by atoms with van der Waals surface area (Å²) < 4.78 is 0. The molecule has 114 valence electrons. The summed E-state index contributed by atoms with van der Waals surface area (Å²) in [5.41, 5.74) is 2.48. The van der Waals surface area contributed by atoms with E-state index in [2.05, 4.69) is 5.32 Å². The van der Waals surface area contributed by atoms with E-state index in [4.69, 9.17) is 5.11 Å². The van der Waals surface area contributed by atoms with Crippen LogP contribution in [-0.4, -0.2) is 17.0 Å². The molecule has 0 saturated carbocycles. The van der Waals surface area contributed by atoms with Crippen molar-refractivity contribution in [3.63, 3.8) is 0 Å². The number of nitrogens with one attached hydrogen (secondary N) is 1. The van der Waals surface area contributed by atoms with Gasteiger partial charge in [-0.25, -0.2) is 0 Å². The maximum absolute atomic E-state index is 12.4. The van der Waals surface area contributed by atoms with Crippen molar-refractivity contribution in [2.24, 2.45) is 0 Å². The number of anilines is 1. The summed E-state index contributed by atoms with van der Waals surface area (Å²) in [4.78, 5) is 25.3. The molecule has 2 aromatic rings. The minimum atomic E-state index is -0.909. The average molecular weight is 315 g/mol. The Kier molecular flexibility index (Phi) is 4.24. The topological polar surface area (TPSA) is 66.4 Å². The fraction of sp³-hybridized carbons (Fsp3) is 0.294. The number of para-hydroxylation sites is 1. The van der Waals surface area contributed by atoms with Crippen LogP contribution in [0.1, 0.15) is 38.5 Å². The number of rotatable bonds is 4. The number of hydrogen-bond donors (Lipinski definition) is 2. The number of aliphatic carboxylic acids is 1. The highest BCUT2D eigenvalue weighted by atomic mass is 32.1. The SMILES string of the molecule is O=C(O)Cc1ccccc1NC(=O)c1cc2c(s1)CCCC2. The lowest BCUT2D eigenvalue weighted by Crippen LogP contribution is -2.13. The van der Waals surface area contributed by atoms with Gasteiger partial charge in [0.25, 0.3) is 5.91 Å². The van der Waals surface area contributed by atoms with Crippen LogP contribution in [0.5, 0.6) is 0 Å². The highest BCUT2D eigenvalue weighted by Crippen LogP contribution is 2.30. The lowest BCUT2D eigenvalue weighted by Gasteiger charge is -2.08. The summed E-state index contributed by atoms with van der Waals surface area (Å²) in [6, 6.07) is 9.01. The normalized spacial score (nSPS) is 13.5. The largest absolute Gasteiger partial charge is 0.481 e. The minimum Gasteiger partial charge on any atom is -0.481 e. The molecule has 1 aliphatic carbocycles. The van der Waals surface area contributed by atoms with Gasteiger partial charge in [-0.05, 0) is 48.9 Å². The van der Waals surface area contributed by atoms with Gasteiger partial charge in [0.1, 0.15) is 0 Å². The van der Waals surface area contributed by atoms with Gasteiger partial charge in [-0.15, -0.1) is 11.3 Å². The maximum atomic E-state index is 12.4. The van der Waals surface area contributed by atoms with Crippen LogP contribution in [0, 0.1) is 0 Å². The molecule has 1 aromatic carbocycles. The van der Waals surface area contributed by atoms with E-state index in [9.17, 15) is 9.59 Å². The molecule has 3 rings (SSSR count). The van der Waals surface area contributed by atoms with Crippen LogP contribution in [0.2, 0.25) is 0 Å². The summed E-state index contributed by atoms with van der Waals surface area (Å²) in [5.74, 6) is -1.06. The molecule has 5 heteroatoms. The van der Waals surface area contributed by atoms with Crippen molar-refractivity contribution in [2.45, 2.75) is 32.1 Å².